The fourth-order valence-corrected chi connectivity index (χ4v) is 2.97. The van der Waals surface area contributed by atoms with Crippen LogP contribution in [-0.4, -0.2) is 13.1 Å². The number of fused-ring (bicyclic) bond motifs is 1. The van der Waals surface area contributed by atoms with Crippen LogP contribution in [0.25, 0.3) is 11.0 Å². The lowest BCUT2D eigenvalue weighted by Gasteiger charge is -2.12. The van der Waals surface area contributed by atoms with Gasteiger partial charge in [-0.25, -0.2) is 0 Å². The Bertz CT molecular complexity index is 1030. The van der Waals surface area contributed by atoms with Crippen LogP contribution in [0.3, 0.4) is 0 Å². The Kier molecular flexibility index (Phi) is 5.60. The summed E-state index contributed by atoms with van der Waals surface area (Å²) in [4.78, 5) is 24.6. The number of carbonyl (C=O) groups is 1. The van der Waals surface area contributed by atoms with Crippen molar-refractivity contribution in [1.29, 1.82) is 0 Å². The van der Waals surface area contributed by atoms with Gasteiger partial charge in [-0.05, 0) is 30.2 Å². The summed E-state index contributed by atoms with van der Waals surface area (Å²) in [5.41, 5.74) is 2.80. The molecule has 3 rings (SSSR count). The van der Waals surface area contributed by atoms with Gasteiger partial charge in [0.25, 0.3) is 0 Å². The zero-order valence-corrected chi connectivity index (χ0v) is 15.7. The molecule has 2 aromatic carbocycles. The van der Waals surface area contributed by atoms with Gasteiger partial charge in [0, 0.05) is 12.5 Å². The third kappa shape index (κ3) is 4.03. The SMILES string of the molecule is CCc1cc(=O)c2ccc(OC)c(COC(=O)Cc3ccccc3C)c2o1. The van der Waals surface area contributed by atoms with Crippen LogP contribution in [0.4, 0.5) is 0 Å². The summed E-state index contributed by atoms with van der Waals surface area (Å²) in [7, 11) is 1.53. The van der Waals surface area contributed by atoms with Crippen LogP contribution in [0.15, 0.2) is 51.7 Å². The van der Waals surface area contributed by atoms with E-state index in [-0.39, 0.29) is 24.4 Å². The van der Waals surface area contributed by atoms with Crippen LogP contribution in [0.1, 0.15) is 29.4 Å². The largest absolute Gasteiger partial charge is 0.496 e. The fraction of sp³-hybridized carbons (Fsp3) is 0.273. The smallest absolute Gasteiger partial charge is 0.310 e. The van der Waals surface area contributed by atoms with Gasteiger partial charge < -0.3 is 13.9 Å². The van der Waals surface area contributed by atoms with Gasteiger partial charge in [-0.3, -0.25) is 9.59 Å². The van der Waals surface area contributed by atoms with Gasteiger partial charge in [-0.15, -0.1) is 0 Å². The molecule has 3 aromatic rings. The van der Waals surface area contributed by atoms with E-state index in [0.29, 0.717) is 34.5 Å². The molecule has 0 fully saturated rings. The van der Waals surface area contributed by atoms with E-state index in [4.69, 9.17) is 13.9 Å². The second-order valence-corrected chi connectivity index (χ2v) is 6.32. The van der Waals surface area contributed by atoms with E-state index in [9.17, 15) is 9.59 Å². The van der Waals surface area contributed by atoms with E-state index >= 15 is 0 Å². The van der Waals surface area contributed by atoms with Gasteiger partial charge in [-0.1, -0.05) is 31.2 Å². The second kappa shape index (κ2) is 8.08. The van der Waals surface area contributed by atoms with Crippen LogP contribution in [-0.2, 0) is 29.0 Å². The highest BCUT2D eigenvalue weighted by Crippen LogP contribution is 2.28. The summed E-state index contributed by atoms with van der Waals surface area (Å²) >= 11 is 0. The Morgan fingerprint density at radius 3 is 2.63 bits per heavy atom. The number of benzene rings is 2. The molecule has 0 atom stereocenters. The molecule has 0 aliphatic rings. The molecule has 0 radical (unpaired) electrons. The lowest BCUT2D eigenvalue weighted by Crippen LogP contribution is -2.11. The number of methoxy groups -OCH3 is 1. The number of hydrogen-bond donors (Lipinski definition) is 0. The van der Waals surface area contributed by atoms with Crippen molar-refractivity contribution >= 4 is 16.9 Å². The highest BCUT2D eigenvalue weighted by Gasteiger charge is 2.16. The maximum atomic E-state index is 12.3. The first-order valence-electron chi connectivity index (χ1n) is 8.86. The Hall–Kier alpha value is -3.08. The first-order chi connectivity index (χ1) is 13.0. The summed E-state index contributed by atoms with van der Waals surface area (Å²) < 4.78 is 16.7. The molecule has 140 valence electrons. The van der Waals surface area contributed by atoms with Crippen molar-refractivity contribution in [1.82, 2.24) is 0 Å². The van der Waals surface area contributed by atoms with E-state index in [0.717, 1.165) is 11.1 Å². The van der Waals surface area contributed by atoms with Crippen LogP contribution in [0.5, 0.6) is 5.75 Å². The van der Waals surface area contributed by atoms with E-state index in [1.165, 1.54) is 13.2 Å². The zero-order valence-electron chi connectivity index (χ0n) is 15.7. The summed E-state index contributed by atoms with van der Waals surface area (Å²) in [6.07, 6.45) is 0.777. The highest BCUT2D eigenvalue weighted by atomic mass is 16.5. The van der Waals surface area contributed by atoms with Crippen molar-refractivity contribution in [2.45, 2.75) is 33.3 Å². The molecule has 0 amide bonds. The topological polar surface area (TPSA) is 65.7 Å². The number of esters is 1. The average Bonchev–Trinajstić information content (AvgIpc) is 2.67. The number of hydrogen-bond acceptors (Lipinski definition) is 5. The van der Waals surface area contributed by atoms with Crippen LogP contribution >= 0.6 is 0 Å². The molecule has 27 heavy (non-hydrogen) atoms. The van der Waals surface area contributed by atoms with Gasteiger partial charge in [0.05, 0.1) is 24.5 Å². The molecule has 5 nitrogen and oxygen atoms in total. The predicted molar refractivity (Wildman–Crippen MR) is 103 cm³/mol. The van der Waals surface area contributed by atoms with Crippen molar-refractivity contribution in [3.8, 4) is 5.75 Å². The number of carbonyl (C=O) groups excluding carboxylic acids is 1. The maximum Gasteiger partial charge on any atom is 0.310 e. The first kappa shape index (κ1) is 18.7. The Labute approximate surface area is 157 Å². The first-order valence-corrected chi connectivity index (χ1v) is 8.86. The highest BCUT2D eigenvalue weighted by molar-refractivity contribution is 5.82. The van der Waals surface area contributed by atoms with Crippen molar-refractivity contribution in [3.63, 3.8) is 0 Å². The Morgan fingerprint density at radius 1 is 1.15 bits per heavy atom. The molecule has 0 N–H and O–H groups in total. The quantitative estimate of drug-likeness (QED) is 0.618. The Morgan fingerprint density at radius 2 is 1.93 bits per heavy atom. The molecule has 0 bridgehead atoms. The second-order valence-electron chi connectivity index (χ2n) is 6.32. The molecule has 0 spiro atoms. The standard InChI is InChI=1S/C22H22O5/c1-4-16-12-19(23)17-9-10-20(25-3)18(22(17)27-16)13-26-21(24)11-15-8-6-5-7-14(15)2/h5-10,12H,4,11,13H2,1-3H3. The molecule has 1 heterocycles. The van der Waals surface area contributed by atoms with E-state index in [2.05, 4.69) is 0 Å². The molecular formula is C22H22O5. The number of ether oxygens (including phenoxy) is 2. The van der Waals surface area contributed by atoms with Crippen LogP contribution in [0.2, 0.25) is 0 Å². The average molecular weight is 366 g/mol. The lowest BCUT2D eigenvalue weighted by molar-refractivity contribution is -0.144. The minimum absolute atomic E-state index is 0.0265. The summed E-state index contributed by atoms with van der Waals surface area (Å²) in [6, 6.07) is 12.5. The summed E-state index contributed by atoms with van der Waals surface area (Å²) in [6.45, 7) is 3.84. The normalized spacial score (nSPS) is 10.8. The van der Waals surface area contributed by atoms with Gasteiger partial charge >= 0.3 is 5.97 Å². The summed E-state index contributed by atoms with van der Waals surface area (Å²) in [5.74, 6) is 0.744. The van der Waals surface area contributed by atoms with E-state index < -0.39 is 0 Å². The molecule has 5 heteroatoms. The fourth-order valence-electron chi connectivity index (χ4n) is 2.97. The number of rotatable bonds is 6. The molecule has 1 aromatic heterocycles. The lowest BCUT2D eigenvalue weighted by atomic mass is 10.1. The third-order valence-electron chi connectivity index (χ3n) is 4.55. The molecule has 0 aliphatic carbocycles. The van der Waals surface area contributed by atoms with Crippen molar-refractivity contribution < 1.29 is 18.7 Å². The van der Waals surface area contributed by atoms with Gasteiger partial charge in [0.15, 0.2) is 5.43 Å². The summed E-state index contributed by atoms with van der Waals surface area (Å²) in [5, 5.41) is 0.443. The monoisotopic (exact) mass is 366 g/mol. The maximum absolute atomic E-state index is 12.3. The van der Waals surface area contributed by atoms with Crippen LogP contribution in [0, 0.1) is 6.92 Å². The Balaban J connectivity index is 1.89. The molecule has 0 unspecified atom stereocenters. The van der Waals surface area contributed by atoms with Gasteiger partial charge in [-0.2, -0.15) is 0 Å². The number of aryl methyl sites for hydroxylation is 2. The van der Waals surface area contributed by atoms with E-state index in [1.54, 1.807) is 12.1 Å². The zero-order chi connectivity index (χ0) is 19.4. The van der Waals surface area contributed by atoms with E-state index in [1.807, 2.05) is 38.1 Å². The van der Waals surface area contributed by atoms with Gasteiger partial charge in [0.2, 0.25) is 0 Å². The minimum atomic E-state index is -0.350. The van der Waals surface area contributed by atoms with Crippen molar-refractivity contribution in [2.75, 3.05) is 7.11 Å². The minimum Gasteiger partial charge on any atom is -0.496 e. The molecule has 0 saturated heterocycles. The molecular weight excluding hydrogens is 344 g/mol. The molecule has 0 aliphatic heterocycles. The van der Waals surface area contributed by atoms with Crippen molar-refractivity contribution in [2.24, 2.45) is 0 Å². The van der Waals surface area contributed by atoms with Gasteiger partial charge in [0.1, 0.15) is 23.7 Å². The van der Waals surface area contributed by atoms with Crippen molar-refractivity contribution in [3.05, 3.63) is 75.1 Å². The predicted octanol–water partition coefficient (Wildman–Crippen LogP) is 3.96. The molecule has 0 saturated carbocycles. The third-order valence-corrected chi connectivity index (χ3v) is 4.55. The van der Waals surface area contributed by atoms with Crippen LogP contribution < -0.4 is 10.2 Å².